The Balaban J connectivity index is 2.13. The Kier molecular flexibility index (Phi) is 3.01. The van der Waals surface area contributed by atoms with E-state index in [9.17, 15) is 0 Å². The molecule has 0 aromatic carbocycles. The Hall–Kier alpha value is -2.20. The van der Waals surface area contributed by atoms with E-state index < -0.39 is 0 Å². The van der Waals surface area contributed by atoms with E-state index in [2.05, 4.69) is 15.0 Å². The first kappa shape index (κ1) is 11.9. The van der Waals surface area contributed by atoms with Gasteiger partial charge in [-0.1, -0.05) is 11.6 Å². The van der Waals surface area contributed by atoms with E-state index in [1.54, 1.807) is 25.6 Å². The SMILES string of the molecule is COc1cc(-c2cnc3ccc(Cl)nc3c2)ccn1. The van der Waals surface area contributed by atoms with Crippen molar-refractivity contribution in [1.29, 1.82) is 0 Å². The third-order valence-corrected chi connectivity index (χ3v) is 2.99. The van der Waals surface area contributed by atoms with E-state index >= 15 is 0 Å². The van der Waals surface area contributed by atoms with Crippen molar-refractivity contribution in [2.75, 3.05) is 7.11 Å². The fourth-order valence-electron chi connectivity index (χ4n) is 1.84. The number of fused-ring (bicyclic) bond motifs is 1. The van der Waals surface area contributed by atoms with E-state index in [1.807, 2.05) is 24.3 Å². The molecule has 0 atom stereocenters. The van der Waals surface area contributed by atoms with Gasteiger partial charge >= 0.3 is 0 Å². The standard InChI is InChI=1S/C14H10ClN3O/c1-19-14-7-9(4-5-16-14)10-6-12-11(17-8-10)2-3-13(15)18-12/h2-8H,1H3. The van der Waals surface area contributed by atoms with Crippen LogP contribution >= 0.6 is 11.6 Å². The number of methoxy groups -OCH3 is 1. The Labute approximate surface area is 115 Å². The van der Waals surface area contributed by atoms with Gasteiger partial charge in [-0.15, -0.1) is 0 Å². The predicted molar refractivity (Wildman–Crippen MR) is 74.3 cm³/mol. The second-order valence-corrected chi connectivity index (χ2v) is 4.37. The highest BCUT2D eigenvalue weighted by atomic mass is 35.5. The minimum Gasteiger partial charge on any atom is -0.481 e. The molecular formula is C14H10ClN3O. The maximum Gasteiger partial charge on any atom is 0.213 e. The monoisotopic (exact) mass is 271 g/mol. The van der Waals surface area contributed by atoms with Crippen molar-refractivity contribution >= 4 is 22.6 Å². The number of rotatable bonds is 2. The lowest BCUT2D eigenvalue weighted by Gasteiger charge is -2.05. The normalized spacial score (nSPS) is 10.6. The Morgan fingerprint density at radius 1 is 1.00 bits per heavy atom. The molecule has 0 saturated carbocycles. The average molecular weight is 272 g/mol. The summed E-state index contributed by atoms with van der Waals surface area (Å²) in [5, 5.41) is 0.457. The van der Waals surface area contributed by atoms with Gasteiger partial charge in [0.2, 0.25) is 5.88 Å². The zero-order valence-corrected chi connectivity index (χ0v) is 10.9. The van der Waals surface area contributed by atoms with Crippen LogP contribution in [0.4, 0.5) is 0 Å². The Morgan fingerprint density at radius 3 is 2.74 bits per heavy atom. The molecule has 0 amide bonds. The minimum atomic E-state index is 0.457. The number of halogens is 1. The summed E-state index contributed by atoms with van der Waals surface area (Å²) in [6.07, 6.45) is 3.50. The molecule has 0 aliphatic carbocycles. The van der Waals surface area contributed by atoms with Crippen LogP contribution in [0.2, 0.25) is 5.15 Å². The molecule has 0 fully saturated rings. The second kappa shape index (κ2) is 4.82. The number of hydrogen-bond acceptors (Lipinski definition) is 4. The highest BCUT2D eigenvalue weighted by molar-refractivity contribution is 6.29. The third-order valence-electron chi connectivity index (χ3n) is 2.78. The molecular weight excluding hydrogens is 262 g/mol. The van der Waals surface area contributed by atoms with Gasteiger partial charge in [0.1, 0.15) is 5.15 Å². The molecule has 0 aliphatic heterocycles. The molecule has 0 spiro atoms. The van der Waals surface area contributed by atoms with Gasteiger partial charge in [0, 0.05) is 24.0 Å². The van der Waals surface area contributed by atoms with Crippen molar-refractivity contribution in [2.45, 2.75) is 0 Å². The molecule has 4 nitrogen and oxygen atoms in total. The van der Waals surface area contributed by atoms with E-state index in [-0.39, 0.29) is 0 Å². The predicted octanol–water partition coefficient (Wildman–Crippen LogP) is 3.35. The minimum absolute atomic E-state index is 0.457. The first-order valence-electron chi connectivity index (χ1n) is 5.69. The van der Waals surface area contributed by atoms with Crippen molar-refractivity contribution in [3.05, 3.63) is 47.9 Å². The van der Waals surface area contributed by atoms with Gasteiger partial charge in [-0.3, -0.25) is 4.98 Å². The van der Waals surface area contributed by atoms with E-state index in [4.69, 9.17) is 16.3 Å². The Bertz CT molecular complexity index is 746. The summed E-state index contributed by atoms with van der Waals surface area (Å²) in [5.41, 5.74) is 3.50. The number of ether oxygens (including phenoxy) is 1. The molecule has 19 heavy (non-hydrogen) atoms. The van der Waals surface area contributed by atoms with Crippen molar-refractivity contribution in [1.82, 2.24) is 15.0 Å². The van der Waals surface area contributed by atoms with Crippen LogP contribution in [0.25, 0.3) is 22.2 Å². The van der Waals surface area contributed by atoms with Gasteiger partial charge in [0.05, 0.1) is 18.1 Å². The van der Waals surface area contributed by atoms with Crippen LogP contribution in [0.3, 0.4) is 0 Å². The second-order valence-electron chi connectivity index (χ2n) is 3.98. The molecule has 3 aromatic heterocycles. The van der Waals surface area contributed by atoms with Crippen LogP contribution < -0.4 is 4.74 Å². The van der Waals surface area contributed by atoms with Crippen LogP contribution in [0.15, 0.2) is 42.7 Å². The molecule has 0 unspecified atom stereocenters. The summed E-state index contributed by atoms with van der Waals surface area (Å²) in [7, 11) is 1.59. The summed E-state index contributed by atoms with van der Waals surface area (Å²) >= 11 is 5.90. The lowest BCUT2D eigenvalue weighted by Crippen LogP contribution is -1.89. The molecule has 0 radical (unpaired) electrons. The number of pyridine rings is 3. The van der Waals surface area contributed by atoms with Crippen LogP contribution in [-0.4, -0.2) is 22.1 Å². The topological polar surface area (TPSA) is 47.9 Å². The summed E-state index contributed by atoms with van der Waals surface area (Å²) in [5.74, 6) is 0.566. The highest BCUT2D eigenvalue weighted by Gasteiger charge is 2.04. The zero-order valence-electron chi connectivity index (χ0n) is 10.2. The zero-order chi connectivity index (χ0) is 13.2. The molecule has 3 aromatic rings. The summed E-state index contributed by atoms with van der Waals surface area (Å²) < 4.78 is 5.11. The first-order valence-corrected chi connectivity index (χ1v) is 6.07. The quantitative estimate of drug-likeness (QED) is 0.671. The molecule has 3 heterocycles. The number of hydrogen-bond donors (Lipinski definition) is 0. The van der Waals surface area contributed by atoms with Gasteiger partial charge < -0.3 is 4.74 Å². The lowest BCUT2D eigenvalue weighted by molar-refractivity contribution is 0.398. The maximum atomic E-state index is 5.90. The smallest absolute Gasteiger partial charge is 0.213 e. The van der Waals surface area contributed by atoms with Crippen molar-refractivity contribution in [3.8, 4) is 17.0 Å². The third kappa shape index (κ3) is 2.35. The van der Waals surface area contributed by atoms with Crippen LogP contribution in [0, 0.1) is 0 Å². The van der Waals surface area contributed by atoms with Gasteiger partial charge in [-0.2, -0.15) is 0 Å². The fourth-order valence-corrected chi connectivity index (χ4v) is 1.99. The molecule has 5 heteroatoms. The van der Waals surface area contributed by atoms with Gasteiger partial charge in [-0.05, 0) is 29.8 Å². The summed E-state index contributed by atoms with van der Waals surface area (Å²) in [6.45, 7) is 0. The molecule has 0 N–H and O–H groups in total. The van der Waals surface area contributed by atoms with Gasteiger partial charge in [-0.25, -0.2) is 9.97 Å². The Morgan fingerprint density at radius 2 is 1.89 bits per heavy atom. The van der Waals surface area contributed by atoms with Crippen LogP contribution in [0.1, 0.15) is 0 Å². The molecule has 3 rings (SSSR count). The largest absolute Gasteiger partial charge is 0.481 e. The molecule has 0 bridgehead atoms. The number of aromatic nitrogens is 3. The van der Waals surface area contributed by atoms with Gasteiger partial charge in [0.15, 0.2) is 0 Å². The summed E-state index contributed by atoms with van der Waals surface area (Å²) in [4.78, 5) is 12.7. The fraction of sp³-hybridized carbons (Fsp3) is 0.0714. The van der Waals surface area contributed by atoms with Crippen molar-refractivity contribution < 1.29 is 4.74 Å². The van der Waals surface area contributed by atoms with Crippen molar-refractivity contribution in [2.24, 2.45) is 0 Å². The average Bonchev–Trinajstić information content (AvgIpc) is 2.46. The summed E-state index contributed by atoms with van der Waals surface area (Å²) in [6, 6.07) is 9.28. The first-order chi connectivity index (χ1) is 9.26. The van der Waals surface area contributed by atoms with Crippen molar-refractivity contribution in [3.63, 3.8) is 0 Å². The highest BCUT2D eigenvalue weighted by Crippen LogP contribution is 2.24. The van der Waals surface area contributed by atoms with E-state index in [1.165, 1.54) is 0 Å². The maximum absolute atomic E-state index is 5.90. The van der Waals surface area contributed by atoms with E-state index in [0.29, 0.717) is 11.0 Å². The van der Waals surface area contributed by atoms with Gasteiger partial charge in [0.25, 0.3) is 0 Å². The molecule has 0 saturated heterocycles. The van der Waals surface area contributed by atoms with Crippen LogP contribution in [0.5, 0.6) is 5.88 Å². The number of nitrogens with zero attached hydrogens (tertiary/aromatic N) is 3. The van der Waals surface area contributed by atoms with Crippen LogP contribution in [-0.2, 0) is 0 Å². The van der Waals surface area contributed by atoms with E-state index in [0.717, 1.165) is 22.2 Å². The molecule has 0 aliphatic rings. The molecule has 94 valence electrons. The lowest BCUT2D eigenvalue weighted by atomic mass is 10.1.